The molecular weight excluding hydrogens is 352 g/mol. The van der Waals surface area contributed by atoms with Crippen molar-refractivity contribution in [3.8, 4) is 6.07 Å². The van der Waals surface area contributed by atoms with Crippen LogP contribution in [-0.2, 0) is 16.9 Å². The zero-order valence-corrected chi connectivity index (χ0v) is 15.0. The summed E-state index contributed by atoms with van der Waals surface area (Å²) in [5, 5.41) is 12.6. The van der Waals surface area contributed by atoms with Crippen molar-refractivity contribution in [3.05, 3.63) is 58.6 Å². The van der Waals surface area contributed by atoms with Gasteiger partial charge in [-0.15, -0.1) is 0 Å². The number of hydrogen-bond donors (Lipinski definition) is 1. The van der Waals surface area contributed by atoms with E-state index in [9.17, 15) is 4.79 Å². The van der Waals surface area contributed by atoms with Crippen LogP contribution in [0.2, 0.25) is 5.02 Å². The Kier molecular flexibility index (Phi) is 5.69. The Morgan fingerprint density at radius 3 is 2.85 bits per heavy atom. The molecule has 1 fully saturated rings. The predicted octanol–water partition coefficient (Wildman–Crippen LogP) is 4.09. The Labute approximate surface area is 157 Å². The lowest BCUT2D eigenvalue weighted by molar-refractivity contribution is 0.116. The normalized spacial score (nSPS) is 15.7. The molecule has 2 aromatic rings. The summed E-state index contributed by atoms with van der Waals surface area (Å²) in [4.78, 5) is 20.7. The van der Waals surface area contributed by atoms with E-state index >= 15 is 0 Å². The monoisotopic (exact) mass is 370 g/mol. The second-order valence-corrected chi connectivity index (χ2v) is 6.79. The number of hydrogen-bond acceptors (Lipinski definition) is 5. The third-order valence-corrected chi connectivity index (χ3v) is 4.79. The maximum atomic E-state index is 12.4. The van der Waals surface area contributed by atoms with Gasteiger partial charge in [0.25, 0.3) is 0 Å². The van der Waals surface area contributed by atoms with Crippen LogP contribution in [0.15, 0.2) is 36.5 Å². The molecule has 1 aliphatic rings. The molecule has 0 saturated heterocycles. The van der Waals surface area contributed by atoms with Crippen LogP contribution in [0.4, 0.5) is 4.79 Å². The van der Waals surface area contributed by atoms with Crippen LogP contribution in [0.25, 0.3) is 0 Å². The Balaban J connectivity index is 1.73. The first-order valence-corrected chi connectivity index (χ1v) is 8.92. The van der Waals surface area contributed by atoms with Gasteiger partial charge in [0.2, 0.25) is 5.82 Å². The summed E-state index contributed by atoms with van der Waals surface area (Å²) in [7, 11) is 0. The van der Waals surface area contributed by atoms with Gasteiger partial charge >= 0.3 is 6.09 Å². The van der Waals surface area contributed by atoms with Gasteiger partial charge in [-0.25, -0.2) is 14.8 Å². The van der Waals surface area contributed by atoms with Crippen LogP contribution in [0.5, 0.6) is 0 Å². The van der Waals surface area contributed by atoms with Gasteiger partial charge in [-0.05, 0) is 36.6 Å². The summed E-state index contributed by atoms with van der Waals surface area (Å²) >= 11 is 5.95. The van der Waals surface area contributed by atoms with E-state index in [0.29, 0.717) is 10.7 Å². The highest BCUT2D eigenvalue weighted by Gasteiger charge is 2.37. The molecular formula is C19H19ClN4O2. The van der Waals surface area contributed by atoms with Gasteiger partial charge in [0.05, 0.1) is 11.2 Å². The van der Waals surface area contributed by atoms with Crippen LogP contribution < -0.4 is 5.32 Å². The molecule has 6 nitrogen and oxygen atoms in total. The second kappa shape index (κ2) is 8.15. The molecule has 7 heteroatoms. The average Bonchev–Trinajstić information content (AvgIpc) is 2.67. The fourth-order valence-electron chi connectivity index (χ4n) is 3.29. The Morgan fingerprint density at radius 2 is 2.12 bits per heavy atom. The number of ether oxygens (including phenoxy) is 1. The summed E-state index contributed by atoms with van der Waals surface area (Å²) in [6.07, 6.45) is 5.60. The Morgan fingerprint density at radius 1 is 1.31 bits per heavy atom. The van der Waals surface area contributed by atoms with Gasteiger partial charge in [0, 0.05) is 11.2 Å². The van der Waals surface area contributed by atoms with Crippen LogP contribution in [0.1, 0.15) is 49.2 Å². The predicted molar refractivity (Wildman–Crippen MR) is 96.3 cm³/mol. The highest BCUT2D eigenvalue weighted by molar-refractivity contribution is 6.30. The van der Waals surface area contributed by atoms with Gasteiger partial charge in [0.15, 0.2) is 0 Å². The van der Waals surface area contributed by atoms with E-state index < -0.39 is 11.6 Å². The molecule has 26 heavy (non-hydrogen) atoms. The maximum absolute atomic E-state index is 12.4. The number of amides is 1. The smallest absolute Gasteiger partial charge is 0.408 e. The van der Waals surface area contributed by atoms with Gasteiger partial charge < -0.3 is 10.1 Å². The van der Waals surface area contributed by atoms with E-state index in [2.05, 4.69) is 15.3 Å². The summed E-state index contributed by atoms with van der Waals surface area (Å²) in [6, 6.07) is 10.9. The first kappa shape index (κ1) is 18.2. The largest absolute Gasteiger partial charge is 0.445 e. The zero-order chi connectivity index (χ0) is 18.4. The van der Waals surface area contributed by atoms with E-state index in [1.165, 1.54) is 0 Å². The van der Waals surface area contributed by atoms with Crippen molar-refractivity contribution >= 4 is 17.7 Å². The van der Waals surface area contributed by atoms with Crippen molar-refractivity contribution in [2.45, 2.75) is 44.2 Å². The number of aromatic nitrogens is 2. The third-order valence-electron chi connectivity index (χ3n) is 4.55. The lowest BCUT2D eigenvalue weighted by Crippen LogP contribution is -2.48. The van der Waals surface area contributed by atoms with Gasteiger partial charge in [0.1, 0.15) is 12.7 Å². The highest BCUT2D eigenvalue weighted by Crippen LogP contribution is 2.36. The number of carbonyl (C=O) groups excluding carboxylic acids is 1. The average molecular weight is 371 g/mol. The number of benzene rings is 1. The molecule has 0 atom stereocenters. The van der Waals surface area contributed by atoms with E-state index in [1.807, 2.05) is 18.2 Å². The van der Waals surface area contributed by atoms with Crippen molar-refractivity contribution in [3.63, 3.8) is 0 Å². The van der Waals surface area contributed by atoms with Crippen LogP contribution in [0.3, 0.4) is 0 Å². The molecule has 0 radical (unpaired) electrons. The van der Waals surface area contributed by atoms with E-state index in [4.69, 9.17) is 21.6 Å². The lowest BCUT2D eigenvalue weighted by Gasteiger charge is -2.37. The van der Waals surface area contributed by atoms with E-state index in [0.717, 1.165) is 37.7 Å². The zero-order valence-electron chi connectivity index (χ0n) is 14.2. The number of alkyl carbamates (subject to hydrolysis) is 1. The number of nitrogens with one attached hydrogen (secondary N) is 1. The number of carbonyl (C=O) groups is 1. The Hall–Kier alpha value is -2.65. The topological polar surface area (TPSA) is 87.9 Å². The fourth-order valence-corrected chi connectivity index (χ4v) is 3.50. The van der Waals surface area contributed by atoms with Crippen LogP contribution in [-0.4, -0.2) is 16.1 Å². The molecule has 3 rings (SSSR count). The molecule has 1 saturated carbocycles. The molecule has 0 bridgehead atoms. The summed E-state index contributed by atoms with van der Waals surface area (Å²) < 4.78 is 5.37. The number of halogens is 1. The quantitative estimate of drug-likeness (QED) is 0.875. The van der Waals surface area contributed by atoms with Crippen molar-refractivity contribution < 1.29 is 9.53 Å². The summed E-state index contributed by atoms with van der Waals surface area (Å²) in [6.45, 7) is 0.135. The molecule has 1 N–H and O–H groups in total. The molecule has 1 aromatic heterocycles. The minimum absolute atomic E-state index is 0.0987. The minimum Gasteiger partial charge on any atom is -0.445 e. The van der Waals surface area contributed by atoms with Gasteiger partial charge in [-0.1, -0.05) is 43.0 Å². The number of nitriles is 1. The number of nitrogens with zero attached hydrogens (tertiary/aromatic N) is 3. The minimum atomic E-state index is -0.627. The first-order valence-electron chi connectivity index (χ1n) is 8.54. The SMILES string of the molecule is N#Cc1nccc(C2(NC(=O)OCc3cccc(Cl)c3)CCCCC2)n1. The van der Waals surface area contributed by atoms with Crippen LogP contribution in [0, 0.1) is 11.3 Å². The van der Waals surface area contributed by atoms with E-state index in [-0.39, 0.29) is 12.4 Å². The van der Waals surface area contributed by atoms with Crippen molar-refractivity contribution in [2.75, 3.05) is 0 Å². The molecule has 1 aliphatic carbocycles. The lowest BCUT2D eigenvalue weighted by atomic mass is 9.79. The molecule has 0 unspecified atom stereocenters. The molecule has 1 amide bonds. The Bertz CT molecular complexity index is 828. The number of rotatable bonds is 4. The van der Waals surface area contributed by atoms with Crippen molar-refractivity contribution in [1.29, 1.82) is 5.26 Å². The van der Waals surface area contributed by atoms with Gasteiger partial charge in [-0.3, -0.25) is 0 Å². The molecule has 1 heterocycles. The second-order valence-electron chi connectivity index (χ2n) is 6.35. The van der Waals surface area contributed by atoms with Crippen LogP contribution >= 0.6 is 11.6 Å². The van der Waals surface area contributed by atoms with Gasteiger partial charge in [-0.2, -0.15) is 5.26 Å². The first-order chi connectivity index (χ1) is 12.6. The molecule has 134 valence electrons. The fraction of sp³-hybridized carbons (Fsp3) is 0.368. The molecule has 0 aliphatic heterocycles. The maximum Gasteiger partial charge on any atom is 0.408 e. The highest BCUT2D eigenvalue weighted by atomic mass is 35.5. The summed E-state index contributed by atoms with van der Waals surface area (Å²) in [5.74, 6) is 0.0987. The molecule has 1 aromatic carbocycles. The van der Waals surface area contributed by atoms with Crippen molar-refractivity contribution in [1.82, 2.24) is 15.3 Å². The molecule has 0 spiro atoms. The van der Waals surface area contributed by atoms with E-state index in [1.54, 1.807) is 24.4 Å². The standard InChI is InChI=1S/C19H19ClN4O2/c20-15-6-4-5-14(11-15)13-26-18(25)24-19(8-2-1-3-9-19)16-7-10-22-17(12-21)23-16/h4-7,10-11H,1-3,8-9,13H2,(H,24,25). The van der Waals surface area contributed by atoms with Crippen molar-refractivity contribution in [2.24, 2.45) is 0 Å². The third kappa shape index (κ3) is 4.30. The summed E-state index contributed by atoms with van der Waals surface area (Å²) in [5.41, 5.74) is 0.848.